The molecule has 0 radical (unpaired) electrons. The number of phenolic OH excluding ortho intramolecular Hbond substituents is 1. The number of aliphatic hydroxyl groups excluding tert-OH is 1. The first kappa shape index (κ1) is 34.0. The zero-order valence-corrected chi connectivity index (χ0v) is 27.8. The zero-order valence-electron chi connectivity index (χ0n) is 27.8. The quantitative estimate of drug-likeness (QED) is 0.369. The fourth-order valence-electron chi connectivity index (χ4n) is 8.86. The number of piperazine rings is 1. The van der Waals surface area contributed by atoms with E-state index in [9.17, 15) is 15.0 Å². The molecule has 48 heavy (non-hydrogen) atoms. The Bertz CT molecular complexity index is 1690. The van der Waals surface area contributed by atoms with E-state index in [1.165, 1.54) is 6.42 Å². The number of hydrogen-bond acceptors (Lipinski definition) is 9. The number of benzene rings is 1. The molecule has 1 aromatic heterocycles. The number of allylic oxidation sites excluding steroid dienone is 4. The van der Waals surface area contributed by atoms with Gasteiger partial charge in [-0.3, -0.25) is 19.4 Å². The monoisotopic (exact) mass is 658 g/mol. The van der Waals surface area contributed by atoms with Crippen LogP contribution in [0.25, 0.3) is 11.3 Å². The summed E-state index contributed by atoms with van der Waals surface area (Å²) in [5.41, 5.74) is 9.00. The highest BCUT2D eigenvalue weighted by Gasteiger charge is 2.56. The number of nitrogens with zero attached hydrogens (tertiary/aromatic N) is 3. The molecule has 4 aliphatic carbocycles. The molecule has 1 saturated heterocycles. The molecule has 2 aromatic rings. The van der Waals surface area contributed by atoms with E-state index >= 15 is 0 Å². The van der Waals surface area contributed by atoms with Crippen LogP contribution in [0.15, 0.2) is 62.7 Å². The summed E-state index contributed by atoms with van der Waals surface area (Å²) in [7, 11) is 6.21. The Hall–Kier alpha value is -3.86. The highest BCUT2D eigenvalue weighted by Crippen LogP contribution is 2.60. The summed E-state index contributed by atoms with van der Waals surface area (Å²) >= 11 is 0. The normalized spacial score (nSPS) is 27.0. The lowest BCUT2D eigenvalue weighted by Gasteiger charge is -2.46. The number of furan rings is 1. The van der Waals surface area contributed by atoms with Gasteiger partial charge in [-0.2, -0.15) is 0 Å². The van der Waals surface area contributed by atoms with Crippen molar-refractivity contribution in [3.05, 3.63) is 75.1 Å². The van der Waals surface area contributed by atoms with E-state index in [4.69, 9.17) is 13.9 Å². The van der Waals surface area contributed by atoms with Crippen molar-refractivity contribution in [2.24, 2.45) is 29.4 Å². The van der Waals surface area contributed by atoms with Crippen LogP contribution in [0.1, 0.15) is 61.7 Å². The van der Waals surface area contributed by atoms with Gasteiger partial charge in [0, 0.05) is 48.8 Å². The highest BCUT2D eigenvalue weighted by molar-refractivity contribution is 6.14. The van der Waals surface area contributed by atoms with Crippen molar-refractivity contribution < 1.29 is 29.0 Å². The topological polar surface area (TPSA) is 133 Å². The number of likely N-dealkylation sites (N-methyl/N-ethyl adjacent to an activating group) is 2. The molecule has 3 heterocycles. The van der Waals surface area contributed by atoms with E-state index in [2.05, 4.69) is 27.5 Å². The molecule has 0 spiro atoms. The van der Waals surface area contributed by atoms with Gasteiger partial charge in [-0.25, -0.2) is 0 Å². The maximum Gasteiger partial charge on any atom is 0.204 e. The molecule has 0 bridgehead atoms. The number of Topliss-reactive ketones (excluding diaryl/α,β-unsaturated/α-hetero) is 1. The van der Waals surface area contributed by atoms with Crippen molar-refractivity contribution in [1.29, 1.82) is 0 Å². The van der Waals surface area contributed by atoms with E-state index in [-0.39, 0.29) is 49.2 Å². The molecule has 1 aromatic carbocycles. The summed E-state index contributed by atoms with van der Waals surface area (Å²) < 4.78 is 13.2. The van der Waals surface area contributed by atoms with Gasteiger partial charge in [0.15, 0.2) is 5.78 Å². The number of ketones is 1. The first-order chi connectivity index (χ1) is 22.6. The van der Waals surface area contributed by atoms with Crippen molar-refractivity contribution in [1.82, 2.24) is 14.7 Å². The zero-order chi connectivity index (χ0) is 33.1. The van der Waals surface area contributed by atoms with Crippen LogP contribution < -0.4 is 5.73 Å². The number of hydrogen-bond donors (Lipinski definition) is 3. The van der Waals surface area contributed by atoms with Gasteiger partial charge >= 0.3 is 0 Å². The molecule has 1 amide bonds. The lowest BCUT2D eigenvalue weighted by atomic mass is 9.60. The van der Waals surface area contributed by atoms with Gasteiger partial charge in [0.1, 0.15) is 34.5 Å². The molecule has 10 heteroatoms. The number of aliphatic hydroxyl groups is 1. The Morgan fingerprint density at radius 1 is 1.02 bits per heavy atom. The number of rotatable bonds is 5. The molecule has 258 valence electrons. The molecule has 4 unspecified atom stereocenters. The number of phenols is 1. The third-order valence-electron chi connectivity index (χ3n) is 11.4. The Balaban J connectivity index is 0.000000969. The van der Waals surface area contributed by atoms with E-state index in [1.54, 1.807) is 6.07 Å². The molecule has 4 atom stereocenters. The predicted octanol–water partition coefficient (Wildman–Crippen LogP) is 5.24. The first-order valence-corrected chi connectivity index (χ1v) is 16.9. The number of fused-ring (bicyclic) bond motifs is 2. The maximum atomic E-state index is 14.5. The Morgan fingerprint density at radius 2 is 1.73 bits per heavy atom. The van der Waals surface area contributed by atoms with E-state index in [0.29, 0.717) is 23.7 Å². The Kier molecular flexibility index (Phi) is 9.37. The van der Waals surface area contributed by atoms with Crippen LogP contribution in [0.3, 0.4) is 0 Å². The summed E-state index contributed by atoms with van der Waals surface area (Å²) in [4.78, 5) is 30.0. The SMILES string of the molecule is C.CC1=C(O)C(N(C)C)C2CC3Cc4c(-c5ccc(CN6CCN(C)CC6)o5)ccc(O)c4C(=O)C3=C3OC(C4CCC4)=C1C32.NC=O. The number of nitrogens with two attached hydrogens (primary N) is 1. The largest absolute Gasteiger partial charge is 0.510 e. The fraction of sp³-hybridized carbons (Fsp3) is 0.526. The van der Waals surface area contributed by atoms with Crippen LogP contribution in [0, 0.1) is 23.7 Å². The van der Waals surface area contributed by atoms with Crippen molar-refractivity contribution in [3.8, 4) is 17.1 Å². The molecule has 1 saturated carbocycles. The second-order valence-corrected chi connectivity index (χ2v) is 14.3. The van der Waals surface area contributed by atoms with Crippen molar-refractivity contribution in [2.45, 2.75) is 59.0 Å². The summed E-state index contributed by atoms with van der Waals surface area (Å²) in [5.74, 6) is 4.03. The summed E-state index contributed by atoms with van der Waals surface area (Å²) in [5, 5.41) is 22.7. The third kappa shape index (κ3) is 5.47. The van der Waals surface area contributed by atoms with Gasteiger partial charge in [0.25, 0.3) is 0 Å². The number of primary amides is 1. The minimum atomic E-state index is -0.146. The Labute approximate surface area is 283 Å². The van der Waals surface area contributed by atoms with Crippen LogP contribution in [0.5, 0.6) is 5.75 Å². The lowest BCUT2D eigenvalue weighted by molar-refractivity contribution is -0.106. The second kappa shape index (κ2) is 13.2. The van der Waals surface area contributed by atoms with Crippen LogP contribution in [0.2, 0.25) is 0 Å². The molecular formula is C38H50N4O6. The summed E-state index contributed by atoms with van der Waals surface area (Å²) in [6, 6.07) is 7.43. The van der Waals surface area contributed by atoms with E-state index < -0.39 is 0 Å². The van der Waals surface area contributed by atoms with Gasteiger partial charge in [-0.1, -0.05) is 13.8 Å². The van der Waals surface area contributed by atoms with Crippen LogP contribution in [0.4, 0.5) is 0 Å². The average molecular weight is 659 g/mol. The van der Waals surface area contributed by atoms with E-state index in [1.807, 2.05) is 39.2 Å². The van der Waals surface area contributed by atoms with Gasteiger partial charge in [-0.05, 0) is 101 Å². The molecule has 6 aliphatic rings. The summed E-state index contributed by atoms with van der Waals surface area (Å²) in [6.45, 7) is 6.89. The number of carbonyl (C=O) groups is 2. The molecule has 10 nitrogen and oxygen atoms in total. The number of aromatic hydroxyl groups is 1. The standard InChI is InChI=1S/C36H43N3O5.CH3NO.CH4/c1-19-28-31-25(32(33(19)41)37(2)3)17-21-16-24-23(27-11-8-22(43-27)18-39-14-12-38(4)13-15-39)9-10-26(40)30(24)34(42)29(21)36(31)44-35(28)20-6-5-7-20;2-1-3;/h8-11,20-21,25,31-32,40-41H,5-7,12-18H2,1-4H3;1H,(H2,2,3);1H4. The first-order valence-electron chi connectivity index (χ1n) is 16.9. The molecule has 8 rings (SSSR count). The lowest BCUT2D eigenvalue weighted by Crippen LogP contribution is -2.48. The summed E-state index contributed by atoms with van der Waals surface area (Å²) in [6.07, 6.45) is 4.96. The maximum absolute atomic E-state index is 14.5. The molecule has 4 N–H and O–H groups in total. The van der Waals surface area contributed by atoms with Crippen LogP contribution in [-0.2, 0) is 22.5 Å². The van der Waals surface area contributed by atoms with E-state index in [0.717, 1.165) is 103 Å². The molecule has 2 aliphatic heterocycles. The smallest absolute Gasteiger partial charge is 0.204 e. The van der Waals surface area contributed by atoms with Gasteiger partial charge < -0.3 is 30.0 Å². The molecular weight excluding hydrogens is 608 g/mol. The van der Waals surface area contributed by atoms with Crippen molar-refractivity contribution in [2.75, 3.05) is 47.3 Å². The highest BCUT2D eigenvalue weighted by atomic mass is 16.5. The number of amides is 1. The number of ether oxygens (including phenoxy) is 1. The second-order valence-electron chi connectivity index (χ2n) is 14.3. The van der Waals surface area contributed by atoms with Gasteiger partial charge in [0.05, 0.1) is 24.1 Å². The van der Waals surface area contributed by atoms with Crippen molar-refractivity contribution in [3.63, 3.8) is 0 Å². The van der Waals surface area contributed by atoms with Gasteiger partial charge in [-0.15, -0.1) is 0 Å². The molecule has 2 fully saturated rings. The average Bonchev–Trinajstić information content (AvgIpc) is 3.62. The Morgan fingerprint density at radius 3 is 2.38 bits per heavy atom. The van der Waals surface area contributed by atoms with Crippen molar-refractivity contribution >= 4 is 12.2 Å². The predicted molar refractivity (Wildman–Crippen MR) is 184 cm³/mol. The van der Waals surface area contributed by atoms with Crippen LogP contribution >= 0.6 is 0 Å². The number of carbonyl (C=O) groups excluding carboxylic acids is 2. The fourth-order valence-corrected chi connectivity index (χ4v) is 8.86. The third-order valence-corrected chi connectivity index (χ3v) is 11.4. The minimum Gasteiger partial charge on any atom is -0.510 e. The van der Waals surface area contributed by atoms with Crippen LogP contribution in [-0.4, -0.2) is 90.5 Å². The minimum absolute atomic E-state index is 0. The van der Waals surface area contributed by atoms with Gasteiger partial charge in [0.2, 0.25) is 6.41 Å².